The average molecular weight is 475 g/mol. The molecule has 0 aliphatic rings. The van der Waals surface area contributed by atoms with Gasteiger partial charge in [-0.15, -0.1) is 0 Å². The number of aromatic nitrogens is 2. The highest BCUT2D eigenvalue weighted by Crippen LogP contribution is 2.28. The minimum absolute atomic E-state index is 0.0862. The molecule has 1 heterocycles. The van der Waals surface area contributed by atoms with E-state index in [9.17, 15) is 14.0 Å². The van der Waals surface area contributed by atoms with E-state index in [2.05, 4.69) is 20.6 Å². The Morgan fingerprint density at radius 2 is 1.89 bits per heavy atom. The molecule has 2 amide bonds. The van der Waals surface area contributed by atoms with E-state index in [4.69, 9.17) is 5.26 Å². The second-order valence-corrected chi connectivity index (χ2v) is 8.18. The van der Waals surface area contributed by atoms with Crippen LogP contribution in [0.4, 0.5) is 10.3 Å². The van der Waals surface area contributed by atoms with E-state index in [1.807, 2.05) is 50.2 Å². The summed E-state index contributed by atoms with van der Waals surface area (Å²) in [5.74, 6) is -0.987. The van der Waals surface area contributed by atoms with Crippen molar-refractivity contribution in [2.75, 3.05) is 18.4 Å². The van der Waals surface area contributed by atoms with Crippen molar-refractivity contribution in [1.29, 1.82) is 5.26 Å². The van der Waals surface area contributed by atoms with Crippen LogP contribution >= 0.6 is 0 Å². The van der Waals surface area contributed by atoms with Gasteiger partial charge in [0.25, 0.3) is 5.91 Å². The predicted octanol–water partition coefficient (Wildman–Crippen LogP) is 3.75. The van der Waals surface area contributed by atoms with Crippen LogP contribution in [0.5, 0.6) is 0 Å². The Labute approximate surface area is 203 Å². The van der Waals surface area contributed by atoms with E-state index in [-0.39, 0.29) is 46.2 Å². The minimum Gasteiger partial charge on any atom is -0.355 e. The second kappa shape index (κ2) is 11.7. The van der Waals surface area contributed by atoms with Crippen LogP contribution in [0.25, 0.3) is 11.3 Å². The van der Waals surface area contributed by atoms with Gasteiger partial charge in [-0.25, -0.2) is 14.4 Å². The third kappa shape index (κ3) is 6.60. The second-order valence-electron chi connectivity index (χ2n) is 8.18. The molecule has 3 rings (SSSR count). The fourth-order valence-electron chi connectivity index (χ4n) is 3.44. The van der Waals surface area contributed by atoms with Gasteiger partial charge in [0.15, 0.2) is 0 Å². The van der Waals surface area contributed by atoms with Gasteiger partial charge in [0.2, 0.25) is 11.9 Å². The summed E-state index contributed by atoms with van der Waals surface area (Å²) >= 11 is 0. The Morgan fingerprint density at radius 1 is 1.14 bits per heavy atom. The zero-order valence-corrected chi connectivity index (χ0v) is 19.9. The molecule has 3 aromatic rings. The first-order valence-corrected chi connectivity index (χ1v) is 11.2. The van der Waals surface area contributed by atoms with Crippen molar-refractivity contribution in [3.63, 3.8) is 0 Å². The molecular formula is C26H27FN6O2. The maximum Gasteiger partial charge on any atom is 0.258 e. The Morgan fingerprint density at radius 3 is 2.51 bits per heavy atom. The summed E-state index contributed by atoms with van der Waals surface area (Å²) < 4.78 is 15.0. The van der Waals surface area contributed by atoms with Crippen LogP contribution in [0.15, 0.2) is 54.7 Å². The first-order chi connectivity index (χ1) is 16.8. The fraction of sp³-hybridized carbons (Fsp3) is 0.269. The van der Waals surface area contributed by atoms with Crippen molar-refractivity contribution >= 4 is 17.8 Å². The molecule has 0 aliphatic heterocycles. The Hall–Kier alpha value is -4.32. The number of amides is 2. The number of carbonyl (C=O) groups is 2. The number of nitriles is 1. The van der Waals surface area contributed by atoms with Crippen LogP contribution in [0.2, 0.25) is 0 Å². The van der Waals surface area contributed by atoms with E-state index in [1.54, 1.807) is 4.90 Å². The van der Waals surface area contributed by atoms with Crippen molar-refractivity contribution in [1.82, 2.24) is 20.2 Å². The normalized spacial score (nSPS) is 10.5. The number of anilines is 1. The van der Waals surface area contributed by atoms with Crippen LogP contribution in [-0.2, 0) is 11.3 Å². The molecule has 0 saturated heterocycles. The first-order valence-electron chi connectivity index (χ1n) is 11.2. The van der Waals surface area contributed by atoms with Crippen LogP contribution in [0, 0.1) is 17.1 Å². The number of nitrogens with zero attached hydrogens (tertiary/aromatic N) is 4. The van der Waals surface area contributed by atoms with Crippen LogP contribution in [0.3, 0.4) is 0 Å². The maximum atomic E-state index is 15.0. The summed E-state index contributed by atoms with van der Waals surface area (Å²) in [5.41, 5.74) is 1.47. The number of nitrogens with one attached hydrogen (secondary N) is 2. The van der Waals surface area contributed by atoms with Crippen molar-refractivity contribution in [2.24, 2.45) is 0 Å². The van der Waals surface area contributed by atoms with Crippen molar-refractivity contribution in [3.05, 3.63) is 77.2 Å². The molecule has 2 N–H and O–H groups in total. The molecule has 8 nitrogen and oxygen atoms in total. The molecular weight excluding hydrogens is 447 g/mol. The number of halogens is 1. The molecule has 2 aromatic carbocycles. The topological polar surface area (TPSA) is 111 Å². The number of hydrogen-bond donors (Lipinski definition) is 2. The quantitative estimate of drug-likeness (QED) is 0.457. The highest BCUT2D eigenvalue weighted by atomic mass is 19.1. The van der Waals surface area contributed by atoms with Gasteiger partial charge in [0.05, 0.1) is 22.9 Å². The molecule has 35 heavy (non-hydrogen) atoms. The number of rotatable bonds is 9. The van der Waals surface area contributed by atoms with E-state index < -0.39 is 5.82 Å². The van der Waals surface area contributed by atoms with Crippen molar-refractivity contribution in [3.8, 4) is 17.3 Å². The van der Waals surface area contributed by atoms with E-state index in [0.29, 0.717) is 19.6 Å². The maximum absolute atomic E-state index is 15.0. The summed E-state index contributed by atoms with van der Waals surface area (Å²) in [6.07, 6.45) is 1.38. The molecule has 0 radical (unpaired) electrons. The van der Waals surface area contributed by atoms with Gasteiger partial charge in [-0.3, -0.25) is 9.59 Å². The van der Waals surface area contributed by atoms with Gasteiger partial charge in [-0.1, -0.05) is 30.3 Å². The lowest BCUT2D eigenvalue weighted by molar-refractivity contribution is -0.118. The molecule has 0 saturated carbocycles. The zero-order chi connectivity index (χ0) is 25.4. The van der Waals surface area contributed by atoms with E-state index >= 15 is 0 Å². The average Bonchev–Trinajstić information content (AvgIpc) is 2.85. The first kappa shape index (κ1) is 25.3. The molecule has 0 unspecified atom stereocenters. The third-order valence-electron chi connectivity index (χ3n) is 5.23. The molecule has 180 valence electrons. The van der Waals surface area contributed by atoms with Crippen LogP contribution in [0.1, 0.15) is 42.3 Å². The molecule has 0 atom stereocenters. The molecule has 9 heteroatoms. The number of benzene rings is 2. The van der Waals surface area contributed by atoms with Gasteiger partial charge in [-0.2, -0.15) is 5.26 Å². The van der Waals surface area contributed by atoms with Gasteiger partial charge in [0.1, 0.15) is 5.82 Å². The Kier molecular flexibility index (Phi) is 8.46. The smallest absolute Gasteiger partial charge is 0.258 e. The van der Waals surface area contributed by atoms with Crippen molar-refractivity contribution in [2.45, 2.75) is 33.4 Å². The standard InChI is InChI=1S/C26H27FN6O2/c1-17(2)33(16-19-7-5-4-6-8-19)25(35)22-15-31-26(30-12-11-29-18(3)34)32-24(22)21-10-9-20(14-28)13-23(21)27/h4-10,13,15,17H,11-12,16H2,1-3H3,(H,29,34)(H,30,31,32). The molecule has 0 fully saturated rings. The zero-order valence-electron chi connectivity index (χ0n) is 19.9. The highest BCUT2D eigenvalue weighted by Gasteiger charge is 2.25. The Balaban J connectivity index is 2.00. The molecule has 0 bridgehead atoms. The van der Waals surface area contributed by atoms with E-state index in [0.717, 1.165) is 11.6 Å². The highest BCUT2D eigenvalue weighted by molar-refractivity contribution is 6.00. The third-order valence-corrected chi connectivity index (χ3v) is 5.23. The Bertz CT molecular complexity index is 1240. The summed E-state index contributed by atoms with van der Waals surface area (Å²) in [6.45, 7) is 6.28. The lowest BCUT2D eigenvalue weighted by atomic mass is 10.0. The van der Waals surface area contributed by atoms with Crippen LogP contribution < -0.4 is 10.6 Å². The molecule has 0 aliphatic carbocycles. The summed E-state index contributed by atoms with van der Waals surface area (Å²) in [6, 6.07) is 15.4. The van der Waals surface area contributed by atoms with Crippen molar-refractivity contribution < 1.29 is 14.0 Å². The monoisotopic (exact) mass is 474 g/mol. The van der Waals surface area contributed by atoms with Gasteiger partial charge in [-0.05, 0) is 37.6 Å². The minimum atomic E-state index is -0.667. The molecule has 0 spiro atoms. The number of carbonyl (C=O) groups excluding carboxylic acids is 2. The summed E-state index contributed by atoms with van der Waals surface area (Å²) in [4.78, 5) is 35.1. The predicted molar refractivity (Wildman–Crippen MR) is 131 cm³/mol. The van der Waals surface area contributed by atoms with E-state index in [1.165, 1.54) is 25.3 Å². The number of hydrogen-bond acceptors (Lipinski definition) is 6. The van der Waals surface area contributed by atoms with Gasteiger partial charge >= 0.3 is 0 Å². The SMILES string of the molecule is CC(=O)NCCNc1ncc(C(=O)N(Cc2ccccc2)C(C)C)c(-c2ccc(C#N)cc2F)n1. The van der Waals surface area contributed by atoms with Crippen LogP contribution in [-0.4, -0.2) is 45.8 Å². The molecule has 1 aromatic heterocycles. The lowest BCUT2D eigenvalue weighted by Crippen LogP contribution is -2.37. The van der Waals surface area contributed by atoms with Gasteiger partial charge < -0.3 is 15.5 Å². The van der Waals surface area contributed by atoms with Gasteiger partial charge in [0, 0.05) is 44.4 Å². The fourth-order valence-corrected chi connectivity index (χ4v) is 3.44. The largest absolute Gasteiger partial charge is 0.355 e. The summed E-state index contributed by atoms with van der Waals surface area (Å²) in [7, 11) is 0. The summed E-state index contributed by atoms with van der Waals surface area (Å²) in [5, 5.41) is 14.7. The lowest BCUT2D eigenvalue weighted by Gasteiger charge is -2.27.